The molecule has 1 N–H and O–H groups in total. The zero-order valence-corrected chi connectivity index (χ0v) is 18.5. The van der Waals surface area contributed by atoms with E-state index in [1.54, 1.807) is 35.9 Å². The van der Waals surface area contributed by atoms with Crippen LogP contribution in [0.2, 0.25) is 5.02 Å². The fourth-order valence-corrected chi connectivity index (χ4v) is 4.36. The summed E-state index contributed by atoms with van der Waals surface area (Å²) in [6, 6.07) is 13.1. The first-order valence-corrected chi connectivity index (χ1v) is 11.1. The van der Waals surface area contributed by atoms with Gasteiger partial charge in [0.2, 0.25) is 11.1 Å². The number of aromatic nitrogens is 3. The first-order valence-electron chi connectivity index (χ1n) is 9.70. The van der Waals surface area contributed by atoms with E-state index >= 15 is 0 Å². The zero-order chi connectivity index (χ0) is 22.0. The fourth-order valence-electron chi connectivity index (χ4n) is 3.38. The van der Waals surface area contributed by atoms with Crippen LogP contribution in [0.3, 0.4) is 0 Å². The monoisotopic (exact) mass is 458 g/mol. The molecule has 0 aliphatic carbocycles. The van der Waals surface area contributed by atoms with E-state index in [9.17, 15) is 9.18 Å². The van der Waals surface area contributed by atoms with Gasteiger partial charge in [0.1, 0.15) is 11.9 Å². The molecule has 2 aromatic carbocycles. The Hall–Kier alpha value is -2.84. The number of nitrogens with one attached hydrogen (secondary N) is 1. The molecule has 0 fully saturated rings. The molecule has 2 heterocycles. The van der Waals surface area contributed by atoms with Gasteiger partial charge in [-0.25, -0.2) is 13.9 Å². The molecule has 3 aromatic rings. The summed E-state index contributed by atoms with van der Waals surface area (Å²) < 4.78 is 20.1. The third-order valence-electron chi connectivity index (χ3n) is 4.77. The molecule has 1 aliphatic rings. The van der Waals surface area contributed by atoms with Gasteiger partial charge in [0.15, 0.2) is 0 Å². The Labute approximate surface area is 188 Å². The number of fused-ring (bicyclic) bond motifs is 1. The van der Waals surface area contributed by atoms with Gasteiger partial charge in [0.05, 0.1) is 12.2 Å². The summed E-state index contributed by atoms with van der Waals surface area (Å²) in [5.74, 6) is 0.421. The number of thioether (sulfide) groups is 1. The fraction of sp³-hybridized carbons (Fsp3) is 0.227. The molecule has 0 radical (unpaired) electrons. The van der Waals surface area contributed by atoms with Gasteiger partial charge >= 0.3 is 5.97 Å². The Morgan fingerprint density at radius 3 is 2.77 bits per heavy atom. The Morgan fingerprint density at radius 2 is 2.06 bits per heavy atom. The number of hydrogen-bond donors (Lipinski definition) is 1. The summed E-state index contributed by atoms with van der Waals surface area (Å²) in [6.45, 7) is 3.84. The third kappa shape index (κ3) is 4.60. The maximum Gasteiger partial charge on any atom is 0.338 e. The first kappa shape index (κ1) is 21.4. The van der Waals surface area contributed by atoms with E-state index in [1.165, 1.54) is 23.9 Å². The second-order valence-electron chi connectivity index (χ2n) is 6.92. The summed E-state index contributed by atoms with van der Waals surface area (Å²) in [6.07, 6.45) is 0. The summed E-state index contributed by atoms with van der Waals surface area (Å²) in [5, 5.41) is 8.91. The average molecular weight is 459 g/mol. The molecule has 0 unspecified atom stereocenters. The second kappa shape index (κ2) is 9.11. The standard InChI is InChI=1S/C22H20ClFN4O2S/c1-3-30-20(29)18-13(2)25-21-26-22(31-12-14-7-9-17(24)10-8-14)27-28(21)19(18)15-5-4-6-16(23)11-15/h4-11,19H,3,12H2,1-2H3,(H,25,26,27)/t19-/m0/s1. The van der Waals surface area contributed by atoms with Crippen molar-refractivity contribution in [2.24, 2.45) is 0 Å². The molecule has 1 aliphatic heterocycles. The van der Waals surface area contributed by atoms with Crippen LogP contribution in [-0.2, 0) is 15.3 Å². The van der Waals surface area contributed by atoms with Crippen LogP contribution >= 0.6 is 23.4 Å². The second-order valence-corrected chi connectivity index (χ2v) is 8.30. The highest BCUT2D eigenvalue weighted by molar-refractivity contribution is 7.98. The van der Waals surface area contributed by atoms with Crippen molar-refractivity contribution in [1.29, 1.82) is 0 Å². The lowest BCUT2D eigenvalue weighted by molar-refractivity contribution is -0.139. The predicted molar refractivity (Wildman–Crippen MR) is 119 cm³/mol. The van der Waals surface area contributed by atoms with Crippen LogP contribution in [0.25, 0.3) is 0 Å². The maximum atomic E-state index is 13.1. The first-order chi connectivity index (χ1) is 15.0. The normalized spacial score (nSPS) is 15.4. The van der Waals surface area contributed by atoms with E-state index < -0.39 is 12.0 Å². The number of carbonyl (C=O) groups excluding carboxylic acids is 1. The summed E-state index contributed by atoms with van der Waals surface area (Å²) in [7, 11) is 0. The summed E-state index contributed by atoms with van der Waals surface area (Å²) in [4.78, 5) is 17.4. The SMILES string of the molecule is CCOC(=O)C1=C(C)Nc2nc(SCc3ccc(F)cc3)nn2[C@H]1c1cccc(Cl)c1. The number of esters is 1. The largest absolute Gasteiger partial charge is 0.463 e. The number of allylic oxidation sites excluding steroid dienone is 1. The molecule has 1 aromatic heterocycles. The van der Waals surface area contributed by atoms with Gasteiger partial charge in [0, 0.05) is 16.5 Å². The molecule has 1 atom stereocenters. The van der Waals surface area contributed by atoms with Crippen LogP contribution in [-0.4, -0.2) is 27.3 Å². The van der Waals surface area contributed by atoms with Crippen molar-refractivity contribution in [1.82, 2.24) is 14.8 Å². The molecule has 0 spiro atoms. The summed E-state index contributed by atoms with van der Waals surface area (Å²) >= 11 is 7.65. The molecule has 9 heteroatoms. The minimum absolute atomic E-state index is 0.265. The van der Waals surface area contributed by atoms with Crippen molar-refractivity contribution in [3.05, 3.63) is 81.8 Å². The van der Waals surface area contributed by atoms with Gasteiger partial charge in [-0.15, -0.1) is 5.10 Å². The molecule has 0 saturated carbocycles. The molecule has 160 valence electrons. The average Bonchev–Trinajstić information content (AvgIpc) is 3.14. The van der Waals surface area contributed by atoms with E-state index in [4.69, 9.17) is 16.3 Å². The quantitative estimate of drug-likeness (QED) is 0.403. The Balaban J connectivity index is 1.69. The van der Waals surface area contributed by atoms with Crippen molar-refractivity contribution in [3.63, 3.8) is 0 Å². The van der Waals surface area contributed by atoms with E-state index in [2.05, 4.69) is 15.4 Å². The van der Waals surface area contributed by atoms with Gasteiger partial charge < -0.3 is 10.1 Å². The van der Waals surface area contributed by atoms with E-state index in [0.717, 1.165) is 11.1 Å². The minimum atomic E-state index is -0.526. The van der Waals surface area contributed by atoms with Crippen molar-refractivity contribution < 1.29 is 13.9 Å². The Bertz CT molecular complexity index is 1150. The van der Waals surface area contributed by atoms with Crippen molar-refractivity contribution in [2.45, 2.75) is 30.8 Å². The van der Waals surface area contributed by atoms with Gasteiger partial charge in [-0.2, -0.15) is 4.98 Å². The number of carbonyl (C=O) groups is 1. The van der Waals surface area contributed by atoms with Crippen molar-refractivity contribution in [2.75, 3.05) is 11.9 Å². The lowest BCUT2D eigenvalue weighted by Crippen LogP contribution is -2.29. The lowest BCUT2D eigenvalue weighted by atomic mass is 9.96. The highest BCUT2D eigenvalue weighted by Crippen LogP contribution is 2.37. The number of benzene rings is 2. The van der Waals surface area contributed by atoms with Gasteiger partial charge in [-0.05, 0) is 49.2 Å². The minimum Gasteiger partial charge on any atom is -0.463 e. The van der Waals surface area contributed by atoms with Crippen molar-refractivity contribution >= 4 is 35.3 Å². The van der Waals surface area contributed by atoms with Crippen molar-refractivity contribution in [3.8, 4) is 0 Å². The number of nitrogens with zero attached hydrogens (tertiary/aromatic N) is 3. The topological polar surface area (TPSA) is 69.0 Å². The van der Waals surface area contributed by atoms with Crippen LogP contribution in [0.5, 0.6) is 0 Å². The number of halogens is 2. The van der Waals surface area contributed by atoms with E-state index in [-0.39, 0.29) is 12.4 Å². The number of anilines is 1. The molecule has 0 saturated heterocycles. The predicted octanol–water partition coefficient (Wildman–Crippen LogP) is 5.21. The van der Waals surface area contributed by atoms with E-state index in [0.29, 0.717) is 33.2 Å². The molecule has 31 heavy (non-hydrogen) atoms. The highest BCUT2D eigenvalue weighted by Gasteiger charge is 2.35. The van der Waals surface area contributed by atoms with Gasteiger partial charge in [-0.3, -0.25) is 0 Å². The molecular weight excluding hydrogens is 439 g/mol. The van der Waals surface area contributed by atoms with Crippen LogP contribution in [0, 0.1) is 5.82 Å². The lowest BCUT2D eigenvalue weighted by Gasteiger charge is -2.28. The molecule has 0 amide bonds. The van der Waals surface area contributed by atoms with Crippen LogP contribution < -0.4 is 5.32 Å². The smallest absolute Gasteiger partial charge is 0.338 e. The number of ether oxygens (including phenoxy) is 1. The summed E-state index contributed by atoms with van der Waals surface area (Å²) in [5.41, 5.74) is 2.87. The highest BCUT2D eigenvalue weighted by atomic mass is 35.5. The zero-order valence-electron chi connectivity index (χ0n) is 16.9. The van der Waals surface area contributed by atoms with Crippen LogP contribution in [0.1, 0.15) is 31.0 Å². The third-order valence-corrected chi connectivity index (χ3v) is 5.92. The number of hydrogen-bond acceptors (Lipinski definition) is 6. The Morgan fingerprint density at radius 1 is 1.29 bits per heavy atom. The van der Waals surface area contributed by atoms with Crippen LogP contribution in [0.15, 0.2) is 65.0 Å². The molecule has 6 nitrogen and oxygen atoms in total. The molecule has 4 rings (SSSR count). The van der Waals surface area contributed by atoms with Gasteiger partial charge in [0.25, 0.3) is 0 Å². The maximum absolute atomic E-state index is 13.1. The number of rotatable bonds is 6. The van der Waals surface area contributed by atoms with E-state index in [1.807, 2.05) is 19.1 Å². The Kier molecular flexibility index (Phi) is 6.29. The molecular formula is C22H20ClFN4O2S. The molecule has 0 bridgehead atoms. The van der Waals surface area contributed by atoms with Crippen LogP contribution in [0.4, 0.5) is 10.3 Å². The van der Waals surface area contributed by atoms with Gasteiger partial charge in [-0.1, -0.05) is 47.6 Å².